The topological polar surface area (TPSA) is 94.1 Å². The Morgan fingerprint density at radius 3 is 2.65 bits per heavy atom. The molecular formula is C12H8N2O3. The first kappa shape index (κ1) is 12.3. The van der Waals surface area contributed by atoms with Crippen molar-refractivity contribution in [1.29, 1.82) is 10.5 Å². The van der Waals surface area contributed by atoms with Crippen LogP contribution in [0, 0.1) is 22.7 Å². The van der Waals surface area contributed by atoms with E-state index < -0.39 is 5.97 Å². The van der Waals surface area contributed by atoms with Gasteiger partial charge in [-0.05, 0) is 23.8 Å². The summed E-state index contributed by atoms with van der Waals surface area (Å²) in [5.41, 5.74) is 0.351. The second kappa shape index (κ2) is 5.34. The fraction of sp³-hybridized carbons (Fsp3) is 0.0833. The summed E-state index contributed by atoms with van der Waals surface area (Å²) in [6.07, 6.45) is 1.20. The van der Waals surface area contributed by atoms with Gasteiger partial charge in [-0.15, -0.1) is 0 Å². The first-order chi connectivity index (χ1) is 8.12. The predicted molar refractivity (Wildman–Crippen MR) is 58.9 cm³/mol. The lowest BCUT2D eigenvalue weighted by molar-refractivity contribution is -0.132. The van der Waals surface area contributed by atoms with Crippen LogP contribution in [0.2, 0.25) is 0 Å². The number of methoxy groups -OCH3 is 1. The Hall–Kier alpha value is -2.79. The average Bonchev–Trinajstić information content (AvgIpc) is 2.35. The lowest BCUT2D eigenvalue weighted by Crippen LogP contribution is -1.97. The maximum absolute atomic E-state index is 10.6. The van der Waals surface area contributed by atoms with E-state index in [1.807, 2.05) is 6.07 Å². The molecule has 0 atom stereocenters. The molecule has 84 valence electrons. The molecule has 0 amide bonds. The van der Waals surface area contributed by atoms with Gasteiger partial charge in [0, 0.05) is 0 Å². The summed E-state index contributed by atoms with van der Waals surface area (Å²) in [6.45, 7) is 0. The summed E-state index contributed by atoms with van der Waals surface area (Å²) in [5, 5.41) is 26.1. The highest BCUT2D eigenvalue weighted by atomic mass is 16.5. The normalized spacial score (nSPS) is 10.2. The van der Waals surface area contributed by atoms with E-state index in [0.717, 1.165) is 0 Å². The van der Waals surface area contributed by atoms with Gasteiger partial charge in [-0.25, -0.2) is 4.79 Å². The summed E-state index contributed by atoms with van der Waals surface area (Å²) in [5.74, 6) is -0.902. The molecule has 0 unspecified atom stereocenters. The van der Waals surface area contributed by atoms with Crippen molar-refractivity contribution in [2.24, 2.45) is 0 Å². The molecule has 0 spiro atoms. The third-order valence-corrected chi connectivity index (χ3v) is 2.01. The first-order valence-corrected chi connectivity index (χ1v) is 4.55. The van der Waals surface area contributed by atoms with E-state index in [9.17, 15) is 4.79 Å². The Morgan fingerprint density at radius 1 is 1.47 bits per heavy atom. The molecule has 0 aliphatic rings. The number of aliphatic carboxylic acids is 1. The van der Waals surface area contributed by atoms with Gasteiger partial charge in [-0.2, -0.15) is 10.5 Å². The average molecular weight is 228 g/mol. The van der Waals surface area contributed by atoms with E-state index in [0.29, 0.717) is 11.3 Å². The Morgan fingerprint density at radius 2 is 2.18 bits per heavy atom. The van der Waals surface area contributed by atoms with Gasteiger partial charge in [-0.1, -0.05) is 6.07 Å². The maximum Gasteiger partial charge on any atom is 0.346 e. The minimum Gasteiger partial charge on any atom is -0.495 e. The van der Waals surface area contributed by atoms with E-state index in [-0.39, 0.29) is 11.1 Å². The van der Waals surface area contributed by atoms with Gasteiger partial charge in [0.15, 0.2) is 0 Å². The number of carboxylic acids is 1. The fourth-order valence-electron chi connectivity index (χ4n) is 1.21. The number of benzene rings is 1. The highest BCUT2D eigenvalue weighted by molar-refractivity contribution is 5.96. The molecule has 0 saturated heterocycles. The molecule has 1 aromatic carbocycles. The van der Waals surface area contributed by atoms with Gasteiger partial charge < -0.3 is 9.84 Å². The fourth-order valence-corrected chi connectivity index (χ4v) is 1.21. The molecule has 0 aliphatic carbocycles. The lowest BCUT2D eigenvalue weighted by Gasteiger charge is -2.02. The van der Waals surface area contributed by atoms with E-state index in [1.165, 1.54) is 19.3 Å². The van der Waals surface area contributed by atoms with Crippen molar-refractivity contribution in [2.45, 2.75) is 0 Å². The van der Waals surface area contributed by atoms with Crippen molar-refractivity contribution in [1.82, 2.24) is 0 Å². The Balaban J connectivity index is 3.23. The molecule has 0 aromatic heterocycles. The molecule has 5 heteroatoms. The number of ether oxygens (including phenoxy) is 1. The van der Waals surface area contributed by atoms with Gasteiger partial charge in [0.1, 0.15) is 23.5 Å². The van der Waals surface area contributed by atoms with Crippen LogP contribution in [0.3, 0.4) is 0 Å². The first-order valence-electron chi connectivity index (χ1n) is 4.55. The molecule has 0 aliphatic heterocycles. The Bertz CT molecular complexity index is 562. The molecule has 0 saturated carbocycles. The lowest BCUT2D eigenvalue weighted by atomic mass is 10.1. The summed E-state index contributed by atoms with van der Waals surface area (Å²) < 4.78 is 4.95. The smallest absolute Gasteiger partial charge is 0.346 e. The molecule has 0 heterocycles. The highest BCUT2D eigenvalue weighted by Crippen LogP contribution is 2.20. The summed E-state index contributed by atoms with van der Waals surface area (Å²) in [6, 6.07) is 8.06. The number of nitrogens with zero attached hydrogens (tertiary/aromatic N) is 2. The number of rotatable bonds is 3. The van der Waals surface area contributed by atoms with Crippen LogP contribution in [0.25, 0.3) is 6.08 Å². The van der Waals surface area contributed by atoms with E-state index >= 15 is 0 Å². The maximum atomic E-state index is 10.6. The summed E-state index contributed by atoms with van der Waals surface area (Å²) >= 11 is 0. The minimum atomic E-state index is -1.30. The number of carbonyl (C=O) groups is 1. The van der Waals surface area contributed by atoms with Crippen LogP contribution in [0.15, 0.2) is 23.8 Å². The minimum absolute atomic E-state index is 0.281. The monoisotopic (exact) mass is 228 g/mol. The number of hydrogen-bond donors (Lipinski definition) is 1. The number of nitriles is 2. The van der Waals surface area contributed by atoms with Crippen LogP contribution < -0.4 is 4.74 Å². The Labute approximate surface area is 97.8 Å². The quantitative estimate of drug-likeness (QED) is 0.625. The van der Waals surface area contributed by atoms with Crippen molar-refractivity contribution >= 4 is 12.0 Å². The van der Waals surface area contributed by atoms with Gasteiger partial charge >= 0.3 is 5.97 Å². The number of hydrogen-bond acceptors (Lipinski definition) is 4. The van der Waals surface area contributed by atoms with Gasteiger partial charge in [0.05, 0.1) is 12.7 Å². The SMILES string of the molecule is COc1ccc(C=C(C#N)C(=O)O)cc1C#N. The van der Waals surface area contributed by atoms with Crippen LogP contribution in [0.4, 0.5) is 0 Å². The van der Waals surface area contributed by atoms with E-state index in [2.05, 4.69) is 0 Å². The third-order valence-electron chi connectivity index (χ3n) is 2.01. The van der Waals surface area contributed by atoms with Crippen LogP contribution in [0.1, 0.15) is 11.1 Å². The van der Waals surface area contributed by atoms with Crippen molar-refractivity contribution < 1.29 is 14.6 Å². The zero-order chi connectivity index (χ0) is 12.8. The largest absolute Gasteiger partial charge is 0.495 e. The summed E-state index contributed by atoms with van der Waals surface area (Å²) in [7, 11) is 1.43. The Kier molecular flexibility index (Phi) is 3.86. The second-order valence-corrected chi connectivity index (χ2v) is 3.05. The van der Waals surface area contributed by atoms with Crippen LogP contribution >= 0.6 is 0 Å². The predicted octanol–water partition coefficient (Wildman–Crippen LogP) is 1.56. The zero-order valence-corrected chi connectivity index (χ0v) is 8.97. The van der Waals surface area contributed by atoms with Crippen LogP contribution in [-0.2, 0) is 4.79 Å². The van der Waals surface area contributed by atoms with Gasteiger partial charge in [-0.3, -0.25) is 0 Å². The van der Waals surface area contributed by atoms with Gasteiger partial charge in [0.2, 0.25) is 0 Å². The molecule has 17 heavy (non-hydrogen) atoms. The molecule has 0 radical (unpaired) electrons. The molecule has 1 N–H and O–H groups in total. The number of carboxylic acid groups (broad SMARTS) is 1. The molecule has 1 rings (SSSR count). The van der Waals surface area contributed by atoms with Crippen molar-refractivity contribution in [3.05, 3.63) is 34.9 Å². The molecule has 1 aromatic rings. The molecule has 5 nitrogen and oxygen atoms in total. The van der Waals surface area contributed by atoms with Crippen LogP contribution in [0.5, 0.6) is 5.75 Å². The zero-order valence-electron chi connectivity index (χ0n) is 8.97. The standard InChI is InChI=1S/C12H8N2O3/c1-17-11-3-2-8(4-9(11)6-13)5-10(7-14)12(15)16/h2-5H,1H3,(H,15,16). The molecule has 0 fully saturated rings. The van der Waals surface area contributed by atoms with Crippen molar-refractivity contribution in [2.75, 3.05) is 7.11 Å². The second-order valence-electron chi connectivity index (χ2n) is 3.05. The third kappa shape index (κ3) is 2.83. The summed E-state index contributed by atoms with van der Waals surface area (Å²) in [4.78, 5) is 10.6. The van der Waals surface area contributed by atoms with Crippen molar-refractivity contribution in [3.63, 3.8) is 0 Å². The molecule has 0 bridgehead atoms. The van der Waals surface area contributed by atoms with Gasteiger partial charge in [0.25, 0.3) is 0 Å². The highest BCUT2D eigenvalue weighted by Gasteiger charge is 2.07. The van der Waals surface area contributed by atoms with E-state index in [4.69, 9.17) is 20.4 Å². The van der Waals surface area contributed by atoms with Crippen molar-refractivity contribution in [3.8, 4) is 17.9 Å². The van der Waals surface area contributed by atoms with E-state index in [1.54, 1.807) is 18.2 Å². The van der Waals surface area contributed by atoms with Crippen LogP contribution in [-0.4, -0.2) is 18.2 Å². The molecular weight excluding hydrogens is 220 g/mol.